The number of hydrazine groups is 1. The number of ether oxygens (including phenoxy) is 1. The van der Waals surface area contributed by atoms with Crippen LogP contribution in [-0.2, 0) is 0 Å². The SMILES string of the molecule is COc1ccccc1-c1nc(C)c(C(C)C)c(NN)n1. The molecule has 0 aliphatic carbocycles. The maximum absolute atomic E-state index is 5.60. The molecule has 0 radical (unpaired) electrons. The van der Waals surface area contributed by atoms with Gasteiger partial charge in [0.1, 0.15) is 11.6 Å². The van der Waals surface area contributed by atoms with E-state index >= 15 is 0 Å². The molecule has 0 bridgehead atoms. The number of nitrogen functional groups attached to an aromatic ring is 1. The number of aryl methyl sites for hydroxylation is 1. The predicted molar refractivity (Wildman–Crippen MR) is 80.7 cm³/mol. The van der Waals surface area contributed by atoms with Crippen molar-refractivity contribution in [2.75, 3.05) is 12.5 Å². The fraction of sp³-hybridized carbons (Fsp3) is 0.333. The summed E-state index contributed by atoms with van der Waals surface area (Å²) in [5.74, 6) is 7.91. The molecule has 5 heteroatoms. The summed E-state index contributed by atoms with van der Waals surface area (Å²) in [6, 6.07) is 7.67. The van der Waals surface area contributed by atoms with Gasteiger partial charge < -0.3 is 10.2 Å². The lowest BCUT2D eigenvalue weighted by Crippen LogP contribution is -2.14. The van der Waals surface area contributed by atoms with Crippen LogP contribution in [0.5, 0.6) is 5.75 Å². The number of methoxy groups -OCH3 is 1. The van der Waals surface area contributed by atoms with Gasteiger partial charge in [0.2, 0.25) is 0 Å². The number of rotatable bonds is 4. The number of para-hydroxylation sites is 1. The monoisotopic (exact) mass is 272 g/mol. The van der Waals surface area contributed by atoms with E-state index in [1.54, 1.807) is 7.11 Å². The van der Waals surface area contributed by atoms with E-state index in [4.69, 9.17) is 10.6 Å². The first-order valence-electron chi connectivity index (χ1n) is 6.57. The van der Waals surface area contributed by atoms with Crippen LogP contribution in [0.4, 0.5) is 5.82 Å². The molecular weight excluding hydrogens is 252 g/mol. The van der Waals surface area contributed by atoms with Gasteiger partial charge in [-0.2, -0.15) is 0 Å². The Bertz CT molecular complexity index is 611. The minimum atomic E-state index is 0.299. The summed E-state index contributed by atoms with van der Waals surface area (Å²) < 4.78 is 5.36. The first-order valence-corrected chi connectivity index (χ1v) is 6.57. The maximum Gasteiger partial charge on any atom is 0.165 e. The van der Waals surface area contributed by atoms with E-state index in [-0.39, 0.29) is 0 Å². The Morgan fingerprint density at radius 3 is 2.50 bits per heavy atom. The topological polar surface area (TPSA) is 73.1 Å². The number of aromatic nitrogens is 2. The third-order valence-electron chi connectivity index (χ3n) is 3.20. The molecule has 3 N–H and O–H groups in total. The van der Waals surface area contributed by atoms with E-state index in [9.17, 15) is 0 Å². The molecule has 0 atom stereocenters. The van der Waals surface area contributed by atoms with Gasteiger partial charge in [-0.3, -0.25) is 0 Å². The molecule has 1 aromatic carbocycles. The van der Waals surface area contributed by atoms with Gasteiger partial charge in [0, 0.05) is 11.3 Å². The molecule has 0 aliphatic rings. The van der Waals surface area contributed by atoms with Crippen molar-refractivity contribution in [2.24, 2.45) is 5.84 Å². The Morgan fingerprint density at radius 1 is 1.20 bits per heavy atom. The molecule has 1 heterocycles. The highest BCUT2D eigenvalue weighted by Gasteiger charge is 2.16. The average molecular weight is 272 g/mol. The normalized spacial score (nSPS) is 10.7. The summed E-state index contributed by atoms with van der Waals surface area (Å²) >= 11 is 0. The van der Waals surface area contributed by atoms with Crippen LogP contribution in [0.3, 0.4) is 0 Å². The minimum Gasteiger partial charge on any atom is -0.496 e. The van der Waals surface area contributed by atoms with E-state index in [1.807, 2.05) is 31.2 Å². The molecule has 0 aliphatic heterocycles. The number of hydrogen-bond donors (Lipinski definition) is 2. The largest absolute Gasteiger partial charge is 0.496 e. The van der Waals surface area contributed by atoms with Gasteiger partial charge in [-0.1, -0.05) is 26.0 Å². The fourth-order valence-corrected chi connectivity index (χ4v) is 2.33. The molecule has 106 valence electrons. The third kappa shape index (κ3) is 2.58. The molecule has 0 fully saturated rings. The average Bonchev–Trinajstić information content (AvgIpc) is 2.45. The zero-order chi connectivity index (χ0) is 14.7. The summed E-state index contributed by atoms with van der Waals surface area (Å²) in [6.07, 6.45) is 0. The molecule has 0 amide bonds. The molecule has 0 unspecified atom stereocenters. The summed E-state index contributed by atoms with van der Waals surface area (Å²) in [5.41, 5.74) is 5.48. The van der Waals surface area contributed by atoms with Crippen LogP contribution in [0, 0.1) is 6.92 Å². The Kier molecular flexibility index (Phi) is 4.20. The van der Waals surface area contributed by atoms with E-state index in [1.165, 1.54) is 0 Å². The van der Waals surface area contributed by atoms with Crippen molar-refractivity contribution in [3.63, 3.8) is 0 Å². The van der Waals surface area contributed by atoms with E-state index in [0.29, 0.717) is 17.6 Å². The summed E-state index contributed by atoms with van der Waals surface area (Å²) in [4.78, 5) is 9.12. The Hall–Kier alpha value is -2.14. The molecule has 0 saturated carbocycles. The summed E-state index contributed by atoms with van der Waals surface area (Å²) in [5, 5.41) is 0. The molecule has 20 heavy (non-hydrogen) atoms. The van der Waals surface area contributed by atoms with Gasteiger partial charge in [-0.15, -0.1) is 0 Å². The van der Waals surface area contributed by atoms with Crippen LogP contribution in [0.1, 0.15) is 31.0 Å². The van der Waals surface area contributed by atoms with E-state index < -0.39 is 0 Å². The number of nitrogens with one attached hydrogen (secondary N) is 1. The highest BCUT2D eigenvalue weighted by Crippen LogP contribution is 2.31. The van der Waals surface area contributed by atoms with Crippen molar-refractivity contribution in [1.29, 1.82) is 0 Å². The second-order valence-corrected chi connectivity index (χ2v) is 4.89. The fourth-order valence-electron chi connectivity index (χ4n) is 2.33. The van der Waals surface area contributed by atoms with E-state index in [0.717, 1.165) is 22.6 Å². The van der Waals surface area contributed by atoms with Crippen LogP contribution in [-0.4, -0.2) is 17.1 Å². The second-order valence-electron chi connectivity index (χ2n) is 4.89. The van der Waals surface area contributed by atoms with Crippen molar-refractivity contribution < 1.29 is 4.74 Å². The molecule has 0 spiro atoms. The smallest absolute Gasteiger partial charge is 0.165 e. The van der Waals surface area contributed by atoms with Crippen LogP contribution in [0.2, 0.25) is 0 Å². The number of nitrogens with two attached hydrogens (primary N) is 1. The van der Waals surface area contributed by atoms with E-state index in [2.05, 4.69) is 29.2 Å². The quantitative estimate of drug-likeness (QED) is 0.661. The lowest BCUT2D eigenvalue weighted by Gasteiger charge is -2.16. The van der Waals surface area contributed by atoms with Crippen LogP contribution in [0.25, 0.3) is 11.4 Å². The van der Waals surface area contributed by atoms with Crippen LogP contribution in [0.15, 0.2) is 24.3 Å². The summed E-state index contributed by atoms with van der Waals surface area (Å²) in [7, 11) is 1.64. The molecule has 2 aromatic rings. The Balaban J connectivity index is 2.62. The number of benzene rings is 1. The van der Waals surface area contributed by atoms with Gasteiger partial charge in [-0.25, -0.2) is 15.8 Å². The zero-order valence-corrected chi connectivity index (χ0v) is 12.3. The lowest BCUT2D eigenvalue weighted by molar-refractivity contribution is 0.416. The van der Waals surface area contributed by atoms with Crippen molar-refractivity contribution in [3.8, 4) is 17.1 Å². The molecular formula is C15H20N4O. The van der Waals surface area contributed by atoms with Crippen molar-refractivity contribution in [2.45, 2.75) is 26.7 Å². The van der Waals surface area contributed by atoms with Gasteiger partial charge in [0.15, 0.2) is 5.82 Å². The van der Waals surface area contributed by atoms with Gasteiger partial charge in [-0.05, 0) is 25.0 Å². The highest BCUT2D eigenvalue weighted by atomic mass is 16.5. The van der Waals surface area contributed by atoms with Gasteiger partial charge >= 0.3 is 0 Å². The standard InChI is InChI=1S/C15H20N4O/c1-9(2)13-10(3)17-14(18-15(13)19-16)11-7-5-6-8-12(11)20-4/h5-9H,16H2,1-4H3,(H,17,18,19). The third-order valence-corrected chi connectivity index (χ3v) is 3.20. The Labute approximate surface area is 119 Å². The highest BCUT2D eigenvalue weighted by molar-refractivity contribution is 5.66. The number of hydrogen-bond acceptors (Lipinski definition) is 5. The number of nitrogens with zero attached hydrogens (tertiary/aromatic N) is 2. The second kappa shape index (κ2) is 5.88. The van der Waals surface area contributed by atoms with Crippen molar-refractivity contribution >= 4 is 5.82 Å². The lowest BCUT2D eigenvalue weighted by atomic mass is 10.0. The summed E-state index contributed by atoms with van der Waals surface area (Å²) in [6.45, 7) is 6.15. The van der Waals surface area contributed by atoms with Gasteiger partial charge in [0.25, 0.3) is 0 Å². The van der Waals surface area contributed by atoms with Crippen LogP contribution >= 0.6 is 0 Å². The first-order chi connectivity index (χ1) is 9.58. The molecule has 5 nitrogen and oxygen atoms in total. The molecule has 1 aromatic heterocycles. The van der Waals surface area contributed by atoms with Crippen molar-refractivity contribution in [1.82, 2.24) is 9.97 Å². The van der Waals surface area contributed by atoms with Crippen LogP contribution < -0.4 is 16.0 Å². The molecule has 0 saturated heterocycles. The minimum absolute atomic E-state index is 0.299. The predicted octanol–water partition coefficient (Wildman–Crippen LogP) is 2.87. The Morgan fingerprint density at radius 2 is 1.90 bits per heavy atom. The zero-order valence-electron chi connectivity index (χ0n) is 12.3. The first kappa shape index (κ1) is 14.3. The van der Waals surface area contributed by atoms with Gasteiger partial charge in [0.05, 0.1) is 12.7 Å². The maximum atomic E-state index is 5.60. The van der Waals surface area contributed by atoms with Crippen molar-refractivity contribution in [3.05, 3.63) is 35.5 Å². The molecule has 2 rings (SSSR count). The number of anilines is 1.